The van der Waals surface area contributed by atoms with E-state index in [4.69, 9.17) is 24.7 Å². The van der Waals surface area contributed by atoms with Gasteiger partial charge in [0.05, 0.1) is 33.5 Å². The normalized spacial score (nSPS) is 17.0. The number of carbonyl (C=O) groups is 3. The van der Waals surface area contributed by atoms with E-state index in [1.54, 1.807) is 4.90 Å². The molecule has 4 aromatic heterocycles. The van der Waals surface area contributed by atoms with E-state index in [0.717, 1.165) is 136 Å². The molecule has 0 unspecified atom stereocenters. The zero-order valence-electron chi connectivity index (χ0n) is 36.6. The van der Waals surface area contributed by atoms with Crippen LogP contribution in [0, 0.1) is 13.8 Å². The Kier molecular flexibility index (Phi) is 11.5. The van der Waals surface area contributed by atoms with Gasteiger partial charge in [0.1, 0.15) is 28.3 Å². The average Bonchev–Trinajstić information content (AvgIpc) is 3.91. The number of benzene rings is 2. The highest BCUT2D eigenvalue weighted by molar-refractivity contribution is 6.01. The molecule has 3 amide bonds. The number of para-hydroxylation sites is 2. The predicted molar refractivity (Wildman–Crippen MR) is 244 cm³/mol. The third kappa shape index (κ3) is 9.03. The van der Waals surface area contributed by atoms with Crippen molar-refractivity contribution in [1.29, 1.82) is 0 Å². The van der Waals surface area contributed by atoms with Crippen LogP contribution in [0.15, 0.2) is 48.5 Å². The van der Waals surface area contributed by atoms with E-state index in [1.165, 1.54) is 0 Å². The molecule has 8 heterocycles. The molecule has 2 fully saturated rings. The molecule has 0 saturated carbocycles. The first-order chi connectivity index (χ1) is 30.4. The Labute approximate surface area is 366 Å². The summed E-state index contributed by atoms with van der Waals surface area (Å²) in [6.45, 7) is 14.2. The standard InChI is InChI=1S/C26H32N6O3.C21H24N6O/c1-15-23(29-16-9-12-32(13-10-16)25(34)35-26(2,3)4)31-22-17(6-5-7-20(22)28-15)21-14-18-19(30-21)8-11-27-24(18)33;1-12-20(25-13-5-8-22-9-6-13)27-19-14(3-2-4-17(19)24-12)18-11-15-16(26-18)7-10-23-21(15)28/h5-7,14,16,30H,8-13H2,1-4H3,(H,27,33)(H,29,31);2-4,11,13,22,26H,5-10H2,1H3,(H,23,28)(H,25,27). The molecule has 4 aliphatic rings. The van der Waals surface area contributed by atoms with Gasteiger partial charge in [0, 0.05) is 85.0 Å². The second-order valence-corrected chi connectivity index (χ2v) is 17.9. The SMILES string of the molecule is Cc1nc2cccc(-c3cc4c([nH]3)CCNC4=O)c2nc1NC1CCN(C(=O)OC(C)(C)C)CC1.Cc1nc2cccc(-c3cc4c([nH]3)CCNC4=O)c2nc1NC1CCNCC1. The van der Waals surface area contributed by atoms with Crippen molar-refractivity contribution in [1.82, 2.24) is 50.8 Å². The Morgan fingerprint density at radius 2 is 1.14 bits per heavy atom. The number of hydrogen-bond donors (Lipinski definition) is 7. The first-order valence-electron chi connectivity index (χ1n) is 22.1. The second kappa shape index (κ2) is 17.3. The molecule has 4 aliphatic heterocycles. The molecular formula is C47H56N12O4. The molecule has 0 atom stereocenters. The number of aromatic nitrogens is 6. The number of aryl methyl sites for hydroxylation is 2. The summed E-state index contributed by atoms with van der Waals surface area (Å²) in [5.74, 6) is 1.53. The number of anilines is 2. The molecular weight excluding hydrogens is 797 g/mol. The molecule has 63 heavy (non-hydrogen) atoms. The number of fused-ring (bicyclic) bond motifs is 4. The molecule has 328 valence electrons. The number of aromatic amines is 2. The zero-order valence-corrected chi connectivity index (χ0v) is 36.6. The Hall–Kier alpha value is -6.55. The fourth-order valence-electron chi connectivity index (χ4n) is 8.80. The Morgan fingerprint density at radius 3 is 1.60 bits per heavy atom. The quantitative estimate of drug-likeness (QED) is 0.0974. The van der Waals surface area contributed by atoms with Crippen LogP contribution in [0.3, 0.4) is 0 Å². The van der Waals surface area contributed by atoms with Gasteiger partial charge in [-0.15, -0.1) is 0 Å². The van der Waals surface area contributed by atoms with Gasteiger partial charge in [-0.25, -0.2) is 24.7 Å². The van der Waals surface area contributed by atoms with E-state index in [2.05, 4.69) is 36.6 Å². The summed E-state index contributed by atoms with van der Waals surface area (Å²) in [5.41, 5.74) is 11.6. The van der Waals surface area contributed by atoms with Crippen molar-refractivity contribution in [3.63, 3.8) is 0 Å². The van der Waals surface area contributed by atoms with Crippen LogP contribution in [0.4, 0.5) is 16.4 Å². The van der Waals surface area contributed by atoms with Crippen molar-refractivity contribution in [2.45, 2.75) is 90.8 Å². The van der Waals surface area contributed by atoms with Gasteiger partial charge >= 0.3 is 6.09 Å². The summed E-state index contributed by atoms with van der Waals surface area (Å²) in [6.07, 6.45) is 5.12. The van der Waals surface area contributed by atoms with Gasteiger partial charge in [-0.2, -0.15) is 0 Å². The first-order valence-corrected chi connectivity index (χ1v) is 22.1. The topological polar surface area (TPSA) is 207 Å². The largest absolute Gasteiger partial charge is 0.444 e. The molecule has 16 heteroatoms. The lowest BCUT2D eigenvalue weighted by atomic mass is 10.1. The van der Waals surface area contributed by atoms with Crippen molar-refractivity contribution >= 4 is 51.6 Å². The van der Waals surface area contributed by atoms with Crippen molar-refractivity contribution in [2.75, 3.05) is 49.9 Å². The molecule has 0 radical (unpaired) electrons. The Bertz CT molecular complexity index is 2700. The van der Waals surface area contributed by atoms with Gasteiger partial charge in [-0.1, -0.05) is 24.3 Å². The van der Waals surface area contributed by atoms with E-state index in [-0.39, 0.29) is 23.9 Å². The highest BCUT2D eigenvalue weighted by Crippen LogP contribution is 2.33. The fraction of sp³-hybridized carbons (Fsp3) is 0.426. The van der Waals surface area contributed by atoms with Crippen LogP contribution in [-0.2, 0) is 17.6 Å². The lowest BCUT2D eigenvalue weighted by molar-refractivity contribution is 0.0210. The number of rotatable bonds is 6. The van der Waals surface area contributed by atoms with Crippen molar-refractivity contribution < 1.29 is 19.1 Å². The van der Waals surface area contributed by atoms with E-state index < -0.39 is 5.60 Å². The average molecular weight is 853 g/mol. The van der Waals surface area contributed by atoms with Gasteiger partial charge in [0.2, 0.25) is 0 Å². The van der Waals surface area contributed by atoms with Crippen LogP contribution in [0.5, 0.6) is 0 Å². The monoisotopic (exact) mass is 852 g/mol. The van der Waals surface area contributed by atoms with Gasteiger partial charge in [0.25, 0.3) is 11.8 Å². The summed E-state index contributed by atoms with van der Waals surface area (Å²) in [7, 11) is 0. The minimum Gasteiger partial charge on any atom is -0.444 e. The van der Waals surface area contributed by atoms with Crippen LogP contribution in [0.2, 0.25) is 0 Å². The van der Waals surface area contributed by atoms with Crippen molar-refractivity contribution in [3.05, 3.63) is 82.4 Å². The van der Waals surface area contributed by atoms with Crippen LogP contribution < -0.4 is 26.6 Å². The first kappa shape index (κ1) is 41.8. The number of nitrogens with zero attached hydrogens (tertiary/aromatic N) is 5. The van der Waals surface area contributed by atoms with E-state index in [0.29, 0.717) is 37.8 Å². The van der Waals surface area contributed by atoms with Crippen molar-refractivity contribution in [2.24, 2.45) is 0 Å². The summed E-state index contributed by atoms with van der Waals surface area (Å²) in [4.78, 5) is 64.9. The minimum atomic E-state index is -0.496. The molecule has 10 rings (SSSR count). The summed E-state index contributed by atoms with van der Waals surface area (Å²) in [5, 5.41) is 16.3. The maximum absolute atomic E-state index is 12.4. The number of carbonyl (C=O) groups excluding carboxylic acids is 3. The molecule has 2 saturated heterocycles. The van der Waals surface area contributed by atoms with E-state index >= 15 is 0 Å². The number of piperidine rings is 2. The van der Waals surface area contributed by atoms with Crippen LogP contribution in [0.1, 0.15) is 89.9 Å². The third-order valence-corrected chi connectivity index (χ3v) is 12.1. The molecule has 16 nitrogen and oxygen atoms in total. The Morgan fingerprint density at radius 1 is 0.667 bits per heavy atom. The molecule has 0 bridgehead atoms. The summed E-state index contributed by atoms with van der Waals surface area (Å²) in [6, 6.07) is 16.4. The third-order valence-electron chi connectivity index (χ3n) is 12.1. The molecule has 2 aromatic carbocycles. The van der Waals surface area contributed by atoms with Crippen molar-refractivity contribution in [3.8, 4) is 22.5 Å². The van der Waals surface area contributed by atoms with Crippen LogP contribution in [-0.4, -0.2) is 110 Å². The number of H-pyrrole nitrogens is 2. The van der Waals surface area contributed by atoms with E-state index in [1.807, 2.05) is 83.1 Å². The summed E-state index contributed by atoms with van der Waals surface area (Å²) < 4.78 is 5.51. The zero-order chi connectivity index (χ0) is 43.8. The van der Waals surface area contributed by atoms with E-state index in [9.17, 15) is 14.4 Å². The van der Waals surface area contributed by atoms with Gasteiger partial charge in [-0.3, -0.25) is 9.59 Å². The smallest absolute Gasteiger partial charge is 0.410 e. The lowest BCUT2D eigenvalue weighted by Gasteiger charge is -2.34. The molecule has 6 aromatic rings. The number of amides is 3. The van der Waals surface area contributed by atoms with Crippen LogP contribution >= 0.6 is 0 Å². The highest BCUT2D eigenvalue weighted by Gasteiger charge is 2.28. The number of hydrogen-bond acceptors (Lipinski definition) is 11. The molecule has 0 spiro atoms. The number of nitrogens with one attached hydrogen (secondary N) is 7. The summed E-state index contributed by atoms with van der Waals surface area (Å²) >= 11 is 0. The Balaban J connectivity index is 0.000000164. The number of ether oxygens (including phenoxy) is 1. The van der Waals surface area contributed by atoms with Crippen LogP contribution in [0.25, 0.3) is 44.6 Å². The molecule has 0 aliphatic carbocycles. The second-order valence-electron chi connectivity index (χ2n) is 17.9. The fourth-order valence-corrected chi connectivity index (χ4v) is 8.80. The maximum Gasteiger partial charge on any atom is 0.410 e. The van der Waals surface area contributed by atoms with Gasteiger partial charge < -0.3 is 46.2 Å². The predicted octanol–water partition coefficient (Wildman–Crippen LogP) is 6.41. The lowest BCUT2D eigenvalue weighted by Crippen LogP contribution is -2.44. The minimum absolute atomic E-state index is 0.0146. The number of likely N-dealkylation sites (tertiary alicyclic amines) is 1. The molecule has 7 N–H and O–H groups in total. The maximum atomic E-state index is 12.4. The van der Waals surface area contributed by atoms with Gasteiger partial charge in [0.15, 0.2) is 0 Å². The highest BCUT2D eigenvalue weighted by atomic mass is 16.6. The van der Waals surface area contributed by atoms with Gasteiger partial charge in [-0.05, 0) is 97.7 Å².